The van der Waals surface area contributed by atoms with Crippen LogP contribution >= 0.6 is 0 Å². The first-order valence-electron chi connectivity index (χ1n) is 8.59. The Morgan fingerprint density at radius 1 is 1.14 bits per heavy atom. The summed E-state index contributed by atoms with van der Waals surface area (Å²) in [6, 6.07) is 9.59. The highest BCUT2D eigenvalue weighted by Gasteiger charge is 2.15. The molecule has 0 aliphatic rings. The SMILES string of the molecule is COc1cc(F)cc(F)c1CNc1ccc(-c2cccnc2C)c2nncn12. The Morgan fingerprint density at radius 2 is 2.00 bits per heavy atom. The van der Waals surface area contributed by atoms with Crippen molar-refractivity contribution >= 4 is 11.5 Å². The Labute approximate surface area is 159 Å². The van der Waals surface area contributed by atoms with Gasteiger partial charge in [-0.2, -0.15) is 0 Å². The van der Waals surface area contributed by atoms with Gasteiger partial charge in [0.25, 0.3) is 0 Å². The number of nitrogens with one attached hydrogen (secondary N) is 1. The number of rotatable bonds is 5. The molecule has 0 spiro atoms. The van der Waals surface area contributed by atoms with E-state index in [0.29, 0.717) is 11.5 Å². The zero-order valence-electron chi connectivity index (χ0n) is 15.3. The van der Waals surface area contributed by atoms with Gasteiger partial charge in [0.1, 0.15) is 29.5 Å². The Morgan fingerprint density at radius 3 is 2.79 bits per heavy atom. The molecule has 142 valence electrons. The van der Waals surface area contributed by atoms with Gasteiger partial charge in [-0.3, -0.25) is 9.38 Å². The zero-order chi connectivity index (χ0) is 19.7. The first-order valence-corrected chi connectivity index (χ1v) is 8.59. The summed E-state index contributed by atoms with van der Waals surface area (Å²) in [6.07, 6.45) is 3.31. The van der Waals surface area contributed by atoms with E-state index in [9.17, 15) is 8.78 Å². The fraction of sp³-hybridized carbons (Fsp3) is 0.150. The van der Waals surface area contributed by atoms with E-state index in [4.69, 9.17) is 4.74 Å². The van der Waals surface area contributed by atoms with Crippen LogP contribution in [0.2, 0.25) is 0 Å². The molecule has 3 aromatic heterocycles. The van der Waals surface area contributed by atoms with E-state index in [1.807, 2.05) is 31.2 Å². The molecule has 0 bridgehead atoms. The van der Waals surface area contributed by atoms with Gasteiger partial charge in [0.05, 0.1) is 7.11 Å². The number of fused-ring (bicyclic) bond motifs is 1. The fourth-order valence-electron chi connectivity index (χ4n) is 3.15. The van der Waals surface area contributed by atoms with Crippen LogP contribution in [0.5, 0.6) is 5.75 Å². The van der Waals surface area contributed by atoms with Crippen LogP contribution in [0.25, 0.3) is 16.8 Å². The van der Waals surface area contributed by atoms with E-state index in [-0.39, 0.29) is 17.9 Å². The minimum atomic E-state index is -0.685. The number of ether oxygens (including phenoxy) is 1. The van der Waals surface area contributed by atoms with Gasteiger partial charge in [-0.1, -0.05) is 6.07 Å². The molecule has 0 aliphatic heterocycles. The second-order valence-corrected chi connectivity index (χ2v) is 6.22. The lowest BCUT2D eigenvalue weighted by Crippen LogP contribution is -2.08. The third-order valence-corrected chi connectivity index (χ3v) is 4.54. The van der Waals surface area contributed by atoms with Crippen molar-refractivity contribution in [3.63, 3.8) is 0 Å². The molecule has 28 heavy (non-hydrogen) atoms. The molecule has 1 aromatic carbocycles. The van der Waals surface area contributed by atoms with Gasteiger partial charge in [0, 0.05) is 47.3 Å². The minimum absolute atomic E-state index is 0.105. The Hall–Kier alpha value is -3.55. The number of halogens is 2. The third-order valence-electron chi connectivity index (χ3n) is 4.54. The first kappa shape index (κ1) is 17.8. The molecule has 0 radical (unpaired) electrons. The lowest BCUT2D eigenvalue weighted by Gasteiger charge is -2.14. The molecule has 1 N–H and O–H groups in total. The smallest absolute Gasteiger partial charge is 0.170 e. The van der Waals surface area contributed by atoms with Crippen LogP contribution in [0, 0.1) is 18.6 Å². The normalized spacial score (nSPS) is 11.0. The van der Waals surface area contributed by atoms with Crippen LogP contribution in [-0.2, 0) is 6.54 Å². The number of methoxy groups -OCH3 is 1. The Bertz CT molecular complexity index is 1160. The third kappa shape index (κ3) is 3.13. The topological polar surface area (TPSA) is 64.3 Å². The molecule has 0 atom stereocenters. The largest absolute Gasteiger partial charge is 0.496 e. The van der Waals surface area contributed by atoms with E-state index in [0.717, 1.165) is 29.0 Å². The molecule has 4 rings (SSSR count). The average Bonchev–Trinajstić information content (AvgIpc) is 3.17. The average molecular weight is 381 g/mol. The number of aromatic nitrogens is 4. The highest BCUT2D eigenvalue weighted by Crippen LogP contribution is 2.29. The molecule has 3 heterocycles. The van der Waals surface area contributed by atoms with Gasteiger partial charge in [-0.05, 0) is 25.1 Å². The second-order valence-electron chi connectivity index (χ2n) is 6.22. The van der Waals surface area contributed by atoms with Crippen molar-refractivity contribution in [1.82, 2.24) is 19.6 Å². The lowest BCUT2D eigenvalue weighted by molar-refractivity contribution is 0.400. The van der Waals surface area contributed by atoms with Crippen molar-refractivity contribution in [1.29, 1.82) is 0 Å². The number of anilines is 1. The van der Waals surface area contributed by atoms with Crippen molar-refractivity contribution in [2.24, 2.45) is 0 Å². The molecule has 0 unspecified atom stereocenters. The number of pyridine rings is 2. The Kier molecular flexibility index (Phi) is 4.60. The fourth-order valence-corrected chi connectivity index (χ4v) is 3.15. The maximum Gasteiger partial charge on any atom is 0.170 e. The number of nitrogens with zero attached hydrogens (tertiary/aromatic N) is 4. The molecule has 0 saturated carbocycles. The van der Waals surface area contributed by atoms with Crippen LogP contribution in [0.1, 0.15) is 11.3 Å². The summed E-state index contributed by atoms with van der Waals surface area (Å²) in [4.78, 5) is 4.32. The molecular weight excluding hydrogens is 364 g/mol. The summed E-state index contributed by atoms with van der Waals surface area (Å²) in [5.74, 6) is -0.550. The predicted octanol–water partition coefficient (Wildman–Crippen LogP) is 4.00. The lowest BCUT2D eigenvalue weighted by atomic mass is 10.1. The molecule has 8 heteroatoms. The van der Waals surface area contributed by atoms with E-state index in [2.05, 4.69) is 20.5 Å². The highest BCUT2D eigenvalue weighted by atomic mass is 19.1. The van der Waals surface area contributed by atoms with E-state index < -0.39 is 11.6 Å². The summed E-state index contributed by atoms with van der Waals surface area (Å²) in [6.45, 7) is 2.03. The highest BCUT2D eigenvalue weighted by molar-refractivity contribution is 5.80. The number of hydrogen-bond acceptors (Lipinski definition) is 5. The standard InChI is InChI=1S/C20H17F2N5O/c1-12-14(4-3-7-23-12)15-5-6-19(27-11-25-26-20(15)27)24-10-16-17(22)8-13(21)9-18(16)28-2/h3-9,11,24H,10H2,1-2H3. The molecule has 0 fully saturated rings. The van der Waals surface area contributed by atoms with E-state index in [1.54, 1.807) is 16.9 Å². The quantitative estimate of drug-likeness (QED) is 0.566. The summed E-state index contributed by atoms with van der Waals surface area (Å²) < 4.78 is 34.5. The minimum Gasteiger partial charge on any atom is -0.496 e. The first-order chi connectivity index (χ1) is 13.6. The molecule has 0 amide bonds. The van der Waals surface area contributed by atoms with E-state index >= 15 is 0 Å². The maximum atomic E-state index is 14.2. The summed E-state index contributed by atoms with van der Waals surface area (Å²) in [5, 5.41) is 11.4. The maximum absolute atomic E-state index is 14.2. The van der Waals surface area contributed by atoms with Crippen LogP contribution in [0.15, 0.2) is 48.9 Å². The van der Waals surface area contributed by atoms with Crippen molar-refractivity contribution in [3.8, 4) is 16.9 Å². The van der Waals surface area contributed by atoms with Gasteiger partial charge in [-0.25, -0.2) is 8.78 Å². The molecule has 6 nitrogen and oxygen atoms in total. The zero-order valence-corrected chi connectivity index (χ0v) is 15.3. The van der Waals surface area contributed by atoms with Gasteiger partial charge in [0.2, 0.25) is 0 Å². The number of hydrogen-bond donors (Lipinski definition) is 1. The van der Waals surface area contributed by atoms with E-state index in [1.165, 1.54) is 7.11 Å². The van der Waals surface area contributed by atoms with Crippen LogP contribution in [-0.4, -0.2) is 26.7 Å². The molecule has 4 aromatic rings. The van der Waals surface area contributed by atoms with Crippen molar-refractivity contribution in [2.45, 2.75) is 13.5 Å². The molecular formula is C20H17F2N5O. The van der Waals surface area contributed by atoms with Crippen LogP contribution in [0.3, 0.4) is 0 Å². The molecule has 0 saturated heterocycles. The predicted molar refractivity (Wildman–Crippen MR) is 101 cm³/mol. The van der Waals surface area contributed by atoms with Gasteiger partial charge in [0.15, 0.2) is 5.65 Å². The van der Waals surface area contributed by atoms with Crippen molar-refractivity contribution in [3.05, 3.63) is 71.8 Å². The van der Waals surface area contributed by atoms with Gasteiger partial charge >= 0.3 is 0 Å². The van der Waals surface area contributed by atoms with Crippen LogP contribution in [0.4, 0.5) is 14.6 Å². The number of aryl methyl sites for hydroxylation is 1. The van der Waals surface area contributed by atoms with Crippen LogP contribution < -0.4 is 10.1 Å². The summed E-state index contributed by atoms with van der Waals surface area (Å²) in [5.41, 5.74) is 3.61. The second kappa shape index (κ2) is 7.22. The van der Waals surface area contributed by atoms with Crippen molar-refractivity contribution in [2.75, 3.05) is 12.4 Å². The van der Waals surface area contributed by atoms with Crippen molar-refractivity contribution < 1.29 is 13.5 Å². The van der Waals surface area contributed by atoms with Gasteiger partial charge in [-0.15, -0.1) is 10.2 Å². The monoisotopic (exact) mass is 381 g/mol. The summed E-state index contributed by atoms with van der Waals surface area (Å²) in [7, 11) is 1.38. The van der Waals surface area contributed by atoms with Gasteiger partial charge < -0.3 is 10.1 Å². The Balaban J connectivity index is 1.70. The molecule has 0 aliphatic carbocycles. The number of benzene rings is 1. The summed E-state index contributed by atoms with van der Waals surface area (Å²) >= 11 is 0.